The molecule has 0 N–H and O–H groups in total. The number of fused-ring (bicyclic) bond motifs is 13. The number of rotatable bonds is 5. The lowest BCUT2D eigenvalue weighted by Crippen LogP contribution is -2.57. The van der Waals surface area contributed by atoms with Crippen molar-refractivity contribution in [1.29, 1.82) is 0 Å². The monoisotopic (exact) mass is 988 g/mol. The smallest absolute Gasteiger partial charge is 0.333 e. The highest BCUT2D eigenvalue weighted by Gasteiger charge is 2.48. The molecule has 12 aromatic carbocycles. The minimum atomic E-state index is -0.176. The van der Waals surface area contributed by atoms with Crippen molar-refractivity contribution in [1.82, 2.24) is 8.96 Å². The molecule has 0 spiro atoms. The summed E-state index contributed by atoms with van der Waals surface area (Å²) >= 11 is 0. The number of anilines is 3. The molecule has 2 aliphatic rings. The molecule has 3 nitrogen and oxygen atoms in total. The van der Waals surface area contributed by atoms with Crippen LogP contribution in [0, 0.1) is 6.92 Å². The number of quaternary nitrogens is 1. The Kier molecular flexibility index (Phi) is 9.73. The lowest BCUT2D eigenvalue weighted by atomic mass is 9.44. The average molecular weight is 989 g/mol. The molecule has 0 fully saturated rings. The fourth-order valence-corrected chi connectivity index (χ4v) is 13.7. The van der Waals surface area contributed by atoms with E-state index in [9.17, 15) is 0 Å². The Morgan fingerprint density at radius 2 is 0.935 bits per heavy atom. The van der Waals surface area contributed by atoms with Gasteiger partial charge in [-0.2, -0.15) is 4.48 Å². The zero-order valence-electron chi connectivity index (χ0n) is 44.9. The van der Waals surface area contributed by atoms with Crippen LogP contribution in [-0.4, -0.2) is 11.3 Å². The lowest BCUT2D eigenvalue weighted by Gasteiger charge is -2.44. The van der Waals surface area contributed by atoms with Gasteiger partial charge in [0.2, 0.25) is 0 Å². The van der Waals surface area contributed by atoms with Crippen LogP contribution < -0.4 is 20.3 Å². The molecule has 3 heterocycles. The van der Waals surface area contributed by atoms with E-state index in [-0.39, 0.29) is 17.7 Å². The number of hydrogen-bond acceptors (Lipinski definition) is 1. The summed E-state index contributed by atoms with van der Waals surface area (Å²) < 4.78 is 3.14. The number of hydrogen-bond donors (Lipinski definition) is 0. The van der Waals surface area contributed by atoms with E-state index in [0.29, 0.717) is 4.48 Å². The zero-order valence-corrected chi connectivity index (χ0v) is 44.9. The fraction of sp³-hybridized carbons (Fsp3) is 0.123. The highest BCUT2D eigenvalue weighted by atomic mass is 15.4. The fourth-order valence-electron chi connectivity index (χ4n) is 13.7. The van der Waals surface area contributed by atoms with Gasteiger partial charge >= 0.3 is 6.85 Å². The van der Waals surface area contributed by atoms with E-state index in [1.807, 2.05) is 0 Å². The third-order valence-corrected chi connectivity index (χ3v) is 17.4. The van der Waals surface area contributed by atoms with Crippen molar-refractivity contribution in [3.05, 3.63) is 247 Å². The van der Waals surface area contributed by atoms with E-state index in [1.165, 1.54) is 126 Å². The maximum Gasteiger partial charge on any atom is 0.333 e. The van der Waals surface area contributed by atoms with Crippen LogP contribution in [-0.2, 0) is 10.8 Å². The highest BCUT2D eigenvalue weighted by molar-refractivity contribution is 6.90. The predicted molar refractivity (Wildman–Crippen MR) is 332 cm³/mol. The molecule has 1 aromatic heterocycles. The van der Waals surface area contributed by atoms with Crippen LogP contribution >= 0.6 is 0 Å². The third-order valence-electron chi connectivity index (χ3n) is 17.4. The maximum absolute atomic E-state index is 2.77. The molecule has 13 aromatic rings. The lowest BCUT2D eigenvalue weighted by molar-refractivity contribution is 0.569. The average Bonchev–Trinajstić information content (AvgIpc) is 3.93. The molecule has 0 saturated carbocycles. The van der Waals surface area contributed by atoms with Crippen molar-refractivity contribution < 1.29 is 0 Å². The van der Waals surface area contributed by atoms with E-state index < -0.39 is 0 Å². The van der Waals surface area contributed by atoms with Crippen molar-refractivity contribution in [2.75, 3.05) is 4.90 Å². The van der Waals surface area contributed by atoms with Crippen molar-refractivity contribution in [2.45, 2.75) is 59.3 Å². The van der Waals surface area contributed by atoms with E-state index >= 15 is 0 Å². The van der Waals surface area contributed by atoms with E-state index in [0.717, 1.165) is 17.1 Å². The second-order valence-electron chi connectivity index (χ2n) is 23.9. The molecule has 0 aliphatic carbocycles. The van der Waals surface area contributed by atoms with Crippen LogP contribution in [0.1, 0.15) is 58.2 Å². The molecule has 4 heteroatoms. The van der Waals surface area contributed by atoms with Gasteiger partial charge < -0.3 is 9.38 Å². The minimum absolute atomic E-state index is 0.117. The number of nitrogens with zero attached hydrogens (tertiary/aromatic N) is 3. The Balaban J connectivity index is 1.20. The van der Waals surface area contributed by atoms with Gasteiger partial charge in [0.15, 0.2) is 5.69 Å². The number of aromatic nitrogens is 1. The molecule has 0 amide bonds. The Labute approximate surface area is 451 Å². The van der Waals surface area contributed by atoms with Gasteiger partial charge in [-0.15, -0.1) is 0 Å². The first kappa shape index (κ1) is 45.7. The quantitative estimate of drug-likeness (QED) is 0.0948. The summed E-state index contributed by atoms with van der Waals surface area (Å²) in [5.74, 6) is 0. The Bertz CT molecular complexity index is 4470. The summed E-state index contributed by atoms with van der Waals surface area (Å²) in [6.07, 6.45) is 0. The van der Waals surface area contributed by atoms with Gasteiger partial charge in [-0.3, -0.25) is 0 Å². The first-order valence-electron chi connectivity index (χ1n) is 27.4. The number of para-hydroxylation sites is 3. The van der Waals surface area contributed by atoms with Crippen LogP contribution in [0.5, 0.6) is 0 Å². The van der Waals surface area contributed by atoms with Gasteiger partial charge in [0.05, 0.1) is 0 Å². The molecule has 0 radical (unpaired) electrons. The van der Waals surface area contributed by atoms with Gasteiger partial charge in [0.25, 0.3) is 0 Å². The van der Waals surface area contributed by atoms with Gasteiger partial charge in [-0.05, 0) is 130 Å². The van der Waals surface area contributed by atoms with Crippen molar-refractivity contribution in [2.24, 2.45) is 0 Å². The topological polar surface area (TPSA) is 8.17 Å². The highest BCUT2D eigenvalue weighted by Crippen LogP contribution is 2.57. The largest absolute Gasteiger partial charge is 0.375 e. The molecular weight excluding hydrogens is 930 g/mol. The predicted octanol–water partition coefficient (Wildman–Crippen LogP) is 19.0. The summed E-state index contributed by atoms with van der Waals surface area (Å²) in [6, 6.07) is 88.0. The van der Waals surface area contributed by atoms with Gasteiger partial charge in [0.1, 0.15) is 17.1 Å². The number of aryl methyl sites for hydroxylation is 1. The maximum atomic E-state index is 2.77. The first-order chi connectivity index (χ1) is 37.4. The first-order valence-corrected chi connectivity index (χ1v) is 27.4. The van der Waals surface area contributed by atoms with E-state index in [1.54, 1.807) is 0 Å². The number of benzene rings is 12. The molecule has 368 valence electrons. The third kappa shape index (κ3) is 6.55. The summed E-state index contributed by atoms with van der Waals surface area (Å²) in [7, 11) is 0. The Morgan fingerprint density at radius 3 is 1.53 bits per heavy atom. The normalized spacial score (nSPS) is 13.3. The van der Waals surface area contributed by atoms with Crippen LogP contribution in [0.25, 0.3) is 76.0 Å². The van der Waals surface area contributed by atoms with Gasteiger partial charge in [-0.1, -0.05) is 187 Å². The summed E-state index contributed by atoms with van der Waals surface area (Å²) in [6.45, 7) is 16.4. The molecule has 15 rings (SSSR count). The van der Waals surface area contributed by atoms with Crippen LogP contribution in [0.3, 0.4) is 0 Å². The Hall–Kier alpha value is -8.70. The molecule has 0 bridgehead atoms. The van der Waals surface area contributed by atoms with E-state index in [2.05, 4.69) is 288 Å². The van der Waals surface area contributed by atoms with Gasteiger partial charge in [0, 0.05) is 93.0 Å². The van der Waals surface area contributed by atoms with Crippen molar-refractivity contribution in [3.63, 3.8) is 0 Å². The zero-order chi connectivity index (χ0) is 52.1. The van der Waals surface area contributed by atoms with Crippen LogP contribution in [0.2, 0.25) is 0 Å². The second kappa shape index (κ2) is 16.4. The van der Waals surface area contributed by atoms with Crippen LogP contribution in [0.4, 0.5) is 39.8 Å². The van der Waals surface area contributed by atoms with Crippen molar-refractivity contribution in [3.8, 4) is 11.1 Å². The summed E-state index contributed by atoms with van der Waals surface area (Å²) in [5, 5.41) is 12.7. The second-order valence-corrected chi connectivity index (χ2v) is 23.9. The van der Waals surface area contributed by atoms with Crippen LogP contribution in [0.15, 0.2) is 231 Å². The summed E-state index contributed by atoms with van der Waals surface area (Å²) in [5.41, 5.74) is 19.7. The standard InChI is InChI=1S/C73H59BN3/c1-46-61-38-49-25-18-17-24-48(49)37-51(61)40-64-70(46)75(54-42-52(72(2,3)4)41-53(43-54)73(5,6)7)66-45-58(77(55-27-11-8-12-28-55,56-29-13-9-14-30-56)57-31-15-10-16-32-57)44-62-63-39-50-26-20-22-34-60(50)68-67-59-33-21-19-23-47(59)35-36-65(67)76(71(63)68)74(64)69(62)66/h8-45H,1-7H3/q+1. The molecule has 77 heavy (non-hydrogen) atoms. The molecular formula is C73H59BN3+. The molecule has 2 aliphatic heterocycles. The van der Waals surface area contributed by atoms with E-state index in [4.69, 9.17) is 0 Å². The minimum Gasteiger partial charge on any atom is -0.375 e. The van der Waals surface area contributed by atoms with Crippen molar-refractivity contribution >= 4 is 122 Å². The van der Waals surface area contributed by atoms with Gasteiger partial charge in [-0.25, -0.2) is 0 Å². The SMILES string of the molecule is Cc1c2c(cc3cc4ccccc4cc13)B1c3c(cc([N+](c4ccccc4)(c4ccccc4)c4ccccc4)cc3N2c2cc(C(C)(C)C)cc(C(C)(C)C)c2)-c2cc3ccccc3c3c4c5ccccc5ccc4n1c23. The summed E-state index contributed by atoms with van der Waals surface area (Å²) in [4.78, 5) is 2.71. The Morgan fingerprint density at radius 1 is 0.403 bits per heavy atom. The molecule has 0 saturated heterocycles. The molecule has 0 unspecified atom stereocenters. The molecule has 0 atom stereocenters.